The summed E-state index contributed by atoms with van der Waals surface area (Å²) in [5, 5.41) is 13.3. The summed E-state index contributed by atoms with van der Waals surface area (Å²) >= 11 is 0. The van der Waals surface area contributed by atoms with Crippen LogP contribution in [0.2, 0.25) is 0 Å². The van der Waals surface area contributed by atoms with Crippen LogP contribution in [0.3, 0.4) is 0 Å². The summed E-state index contributed by atoms with van der Waals surface area (Å²) in [5.74, 6) is -0.857. The maximum absolute atomic E-state index is 12.0. The molecule has 152 valence electrons. The van der Waals surface area contributed by atoms with Crippen LogP contribution in [0.4, 0.5) is 0 Å². The first-order valence-electron chi connectivity index (χ1n) is 10.1. The molecule has 0 spiro atoms. The second-order valence-corrected chi connectivity index (χ2v) is 7.70. The molecule has 0 atom stereocenters. The first-order chi connectivity index (χ1) is 13.9. The Balaban J connectivity index is 1.78. The summed E-state index contributed by atoms with van der Waals surface area (Å²) in [5.41, 5.74) is 8.19. The number of hydrogen-bond donors (Lipinski definition) is 2. The van der Waals surface area contributed by atoms with Gasteiger partial charge in [-0.15, -0.1) is 0 Å². The average Bonchev–Trinajstić information content (AvgIpc) is 2.92. The molecule has 0 bridgehead atoms. The molecule has 0 radical (unpaired) electrons. The summed E-state index contributed by atoms with van der Waals surface area (Å²) in [6.07, 6.45) is 0.928. The van der Waals surface area contributed by atoms with E-state index in [1.807, 2.05) is 26.0 Å². The van der Waals surface area contributed by atoms with Crippen LogP contribution in [0.5, 0.6) is 0 Å². The number of nitrogens with one attached hydrogen (secondary N) is 1. The molecule has 0 fully saturated rings. The van der Waals surface area contributed by atoms with Crippen molar-refractivity contribution in [1.82, 2.24) is 9.88 Å². The van der Waals surface area contributed by atoms with Gasteiger partial charge in [0.15, 0.2) is 0 Å². The summed E-state index contributed by atoms with van der Waals surface area (Å²) < 4.78 is 2.13. The molecule has 1 aromatic heterocycles. The zero-order chi connectivity index (χ0) is 21.0. The molecule has 3 aromatic rings. The van der Waals surface area contributed by atoms with Crippen molar-refractivity contribution in [2.45, 2.75) is 47.2 Å². The number of aryl methyl sites for hydroxylation is 2. The summed E-state index contributed by atoms with van der Waals surface area (Å²) in [6.45, 7) is 10.2. The largest absolute Gasteiger partial charge is 0.478 e. The van der Waals surface area contributed by atoms with E-state index >= 15 is 0 Å². The van der Waals surface area contributed by atoms with Crippen LogP contribution in [-0.4, -0.2) is 22.2 Å². The number of hydrogen-bond acceptors (Lipinski definition) is 2. The molecule has 3 rings (SSSR count). The van der Waals surface area contributed by atoms with E-state index in [9.17, 15) is 9.90 Å². The lowest BCUT2D eigenvalue weighted by atomic mass is 10.1. The molecule has 0 amide bonds. The molecule has 2 N–H and O–H groups in total. The molecule has 1 heterocycles. The summed E-state index contributed by atoms with van der Waals surface area (Å²) in [6, 6.07) is 16.6. The number of aromatic carboxylic acids is 1. The average molecular weight is 391 g/mol. The molecule has 0 aliphatic heterocycles. The number of nitrogens with zero attached hydrogens (tertiary/aromatic N) is 1. The van der Waals surface area contributed by atoms with E-state index in [-0.39, 0.29) is 0 Å². The number of aromatic nitrogens is 1. The van der Waals surface area contributed by atoms with E-state index in [4.69, 9.17) is 0 Å². The zero-order valence-corrected chi connectivity index (χ0v) is 17.7. The van der Waals surface area contributed by atoms with Gasteiger partial charge in [0.2, 0.25) is 0 Å². The predicted octanol–water partition coefficient (Wildman–Crippen LogP) is 4.80. The Morgan fingerprint density at radius 3 is 2.07 bits per heavy atom. The Kier molecular flexibility index (Phi) is 6.55. The van der Waals surface area contributed by atoms with Gasteiger partial charge in [0, 0.05) is 30.0 Å². The smallest absolute Gasteiger partial charge is 0.337 e. The van der Waals surface area contributed by atoms with Crippen LogP contribution < -0.4 is 5.32 Å². The number of rotatable bonds is 8. The quantitative estimate of drug-likeness (QED) is 0.543. The predicted molar refractivity (Wildman–Crippen MR) is 118 cm³/mol. The van der Waals surface area contributed by atoms with Crippen molar-refractivity contribution in [1.29, 1.82) is 0 Å². The fourth-order valence-electron chi connectivity index (χ4n) is 3.97. The highest BCUT2D eigenvalue weighted by Crippen LogP contribution is 2.24. The topological polar surface area (TPSA) is 54.3 Å². The van der Waals surface area contributed by atoms with Crippen molar-refractivity contribution < 1.29 is 9.90 Å². The molecule has 0 aliphatic carbocycles. The molecule has 0 aliphatic rings. The third kappa shape index (κ3) is 4.60. The van der Waals surface area contributed by atoms with Gasteiger partial charge >= 0.3 is 5.97 Å². The zero-order valence-electron chi connectivity index (χ0n) is 17.7. The first-order valence-corrected chi connectivity index (χ1v) is 10.1. The molecule has 2 aromatic carbocycles. The number of carbonyl (C=O) groups is 1. The molecular formula is C25H30N2O2. The lowest BCUT2D eigenvalue weighted by molar-refractivity contribution is 0.0694. The fraction of sp³-hybridized carbons (Fsp3) is 0.320. The van der Waals surface area contributed by atoms with E-state index < -0.39 is 5.97 Å². The van der Waals surface area contributed by atoms with E-state index in [2.05, 4.69) is 60.1 Å². The number of carboxylic acids is 1. The Morgan fingerprint density at radius 1 is 0.897 bits per heavy atom. The van der Waals surface area contributed by atoms with Crippen LogP contribution >= 0.6 is 0 Å². The molecule has 4 nitrogen and oxygen atoms in total. The van der Waals surface area contributed by atoms with Gasteiger partial charge in [-0.1, -0.05) is 48.5 Å². The van der Waals surface area contributed by atoms with Gasteiger partial charge in [-0.25, -0.2) is 4.79 Å². The van der Waals surface area contributed by atoms with E-state index in [1.165, 1.54) is 22.3 Å². The van der Waals surface area contributed by atoms with Crippen LogP contribution in [0.25, 0.3) is 0 Å². The molecule has 0 saturated carbocycles. The van der Waals surface area contributed by atoms with Gasteiger partial charge in [0.25, 0.3) is 0 Å². The van der Waals surface area contributed by atoms with Crippen molar-refractivity contribution >= 4 is 5.97 Å². The minimum atomic E-state index is -0.857. The second kappa shape index (κ2) is 9.10. The third-order valence-corrected chi connectivity index (χ3v) is 5.85. The van der Waals surface area contributed by atoms with Gasteiger partial charge in [0.1, 0.15) is 0 Å². The molecule has 0 saturated heterocycles. The van der Waals surface area contributed by atoms with Crippen LogP contribution in [-0.2, 0) is 19.5 Å². The van der Waals surface area contributed by atoms with Crippen LogP contribution in [0.15, 0.2) is 48.5 Å². The Hall–Kier alpha value is -2.85. The van der Waals surface area contributed by atoms with Crippen molar-refractivity contribution in [3.8, 4) is 0 Å². The van der Waals surface area contributed by atoms with E-state index in [0.29, 0.717) is 18.7 Å². The SMILES string of the molecule is Cc1ccccc1CCNCc1c(C(=O)O)c(C)n(Cc2ccccc2C)c1C. The summed E-state index contributed by atoms with van der Waals surface area (Å²) in [7, 11) is 0. The molecule has 29 heavy (non-hydrogen) atoms. The highest BCUT2D eigenvalue weighted by atomic mass is 16.4. The minimum absolute atomic E-state index is 0.430. The Morgan fingerprint density at radius 2 is 1.48 bits per heavy atom. The van der Waals surface area contributed by atoms with Gasteiger partial charge in [0.05, 0.1) is 5.56 Å². The normalized spacial score (nSPS) is 11.0. The van der Waals surface area contributed by atoms with Crippen molar-refractivity contribution in [3.63, 3.8) is 0 Å². The second-order valence-electron chi connectivity index (χ2n) is 7.70. The molecule has 4 heteroatoms. The van der Waals surface area contributed by atoms with Crippen molar-refractivity contribution in [3.05, 3.63) is 93.3 Å². The van der Waals surface area contributed by atoms with Gasteiger partial charge < -0.3 is 15.0 Å². The van der Waals surface area contributed by atoms with Gasteiger partial charge in [-0.05, 0) is 62.9 Å². The standard InChI is InChI=1S/C25H30N2O2/c1-17-9-5-7-11-21(17)13-14-26-15-23-19(3)27(20(4)24(23)25(28)29)16-22-12-8-6-10-18(22)2/h5-12,26H,13-16H2,1-4H3,(H,28,29). The highest BCUT2D eigenvalue weighted by Gasteiger charge is 2.22. The lowest BCUT2D eigenvalue weighted by Crippen LogP contribution is -2.19. The summed E-state index contributed by atoms with van der Waals surface area (Å²) in [4.78, 5) is 12.0. The van der Waals surface area contributed by atoms with Crippen molar-refractivity contribution in [2.75, 3.05) is 6.54 Å². The van der Waals surface area contributed by atoms with Crippen molar-refractivity contribution in [2.24, 2.45) is 0 Å². The fourth-order valence-corrected chi connectivity index (χ4v) is 3.97. The monoisotopic (exact) mass is 390 g/mol. The molecule has 0 unspecified atom stereocenters. The van der Waals surface area contributed by atoms with E-state index in [1.54, 1.807) is 0 Å². The Bertz CT molecular complexity index is 1020. The lowest BCUT2D eigenvalue weighted by Gasteiger charge is -2.12. The number of benzene rings is 2. The third-order valence-electron chi connectivity index (χ3n) is 5.85. The highest BCUT2D eigenvalue weighted by molar-refractivity contribution is 5.91. The Labute approximate surface area is 173 Å². The van der Waals surface area contributed by atoms with Crippen LogP contribution in [0, 0.1) is 27.7 Å². The molecular weight excluding hydrogens is 360 g/mol. The van der Waals surface area contributed by atoms with Gasteiger partial charge in [-0.3, -0.25) is 0 Å². The maximum atomic E-state index is 12.0. The maximum Gasteiger partial charge on any atom is 0.337 e. The minimum Gasteiger partial charge on any atom is -0.478 e. The van der Waals surface area contributed by atoms with Crippen LogP contribution in [0.1, 0.15) is 49.6 Å². The first kappa shape index (κ1) is 20.9. The van der Waals surface area contributed by atoms with E-state index in [0.717, 1.165) is 29.9 Å². The number of carboxylic acid groups (broad SMARTS) is 1. The van der Waals surface area contributed by atoms with Gasteiger partial charge in [-0.2, -0.15) is 0 Å².